The Balaban J connectivity index is 2.38. The van der Waals surface area contributed by atoms with Crippen LogP contribution in [0.25, 0.3) is 0 Å². The highest BCUT2D eigenvalue weighted by atomic mass is 16.5. The zero-order valence-electron chi connectivity index (χ0n) is 9.41. The number of aliphatic hydroxyl groups is 2. The monoisotopic (exact) mass is 241 g/mol. The topological polar surface area (TPSA) is 111 Å². The quantitative estimate of drug-likeness (QED) is 0.598. The van der Waals surface area contributed by atoms with Crippen molar-refractivity contribution in [3.05, 3.63) is 22.2 Å². The second-order valence-corrected chi connectivity index (χ2v) is 4.11. The van der Waals surface area contributed by atoms with Gasteiger partial charge in [0.1, 0.15) is 11.9 Å². The van der Waals surface area contributed by atoms with Gasteiger partial charge >= 0.3 is 5.69 Å². The predicted octanol–water partition coefficient (Wildman–Crippen LogP) is -1.23. The molecule has 4 N–H and O–H groups in total. The van der Waals surface area contributed by atoms with E-state index in [1.165, 1.54) is 10.6 Å². The van der Waals surface area contributed by atoms with Gasteiger partial charge in [0.15, 0.2) is 6.23 Å². The van der Waals surface area contributed by atoms with Crippen LogP contribution in [0.15, 0.2) is 10.9 Å². The Bertz CT molecular complexity index is 473. The van der Waals surface area contributed by atoms with E-state index in [1.54, 1.807) is 6.92 Å². The molecule has 0 unspecified atom stereocenters. The van der Waals surface area contributed by atoms with Crippen LogP contribution in [0.5, 0.6) is 0 Å². The Hall–Kier alpha value is -1.44. The summed E-state index contributed by atoms with van der Waals surface area (Å²) < 4.78 is 6.64. The van der Waals surface area contributed by atoms with Crippen LogP contribution in [-0.2, 0) is 4.74 Å². The standard InChI is InChI=1S/C10H15N3O4/c1-5-2-8(11)12-10(16)13(5)9-7(15)3-6(4-14)17-9/h2,6-7,9,14-15H,3-4H2,1H3,(H2,11,12,16)/t6-,7+,9+/m0/s1. The third-order valence-corrected chi connectivity index (χ3v) is 2.79. The molecule has 1 saturated heterocycles. The van der Waals surface area contributed by atoms with E-state index in [4.69, 9.17) is 15.6 Å². The van der Waals surface area contributed by atoms with E-state index in [-0.39, 0.29) is 18.8 Å². The fraction of sp³-hybridized carbons (Fsp3) is 0.600. The average Bonchev–Trinajstić information content (AvgIpc) is 2.59. The first-order valence-electron chi connectivity index (χ1n) is 5.33. The van der Waals surface area contributed by atoms with Crippen molar-refractivity contribution in [3.63, 3.8) is 0 Å². The molecule has 1 fully saturated rings. The van der Waals surface area contributed by atoms with Crippen molar-refractivity contribution < 1.29 is 14.9 Å². The Morgan fingerprint density at radius 2 is 2.41 bits per heavy atom. The molecule has 7 heteroatoms. The van der Waals surface area contributed by atoms with Crippen LogP contribution in [0.1, 0.15) is 18.3 Å². The second kappa shape index (κ2) is 4.44. The minimum Gasteiger partial charge on any atom is -0.394 e. The smallest absolute Gasteiger partial charge is 0.351 e. The van der Waals surface area contributed by atoms with Crippen LogP contribution in [0.3, 0.4) is 0 Å². The number of rotatable bonds is 2. The number of nitrogens with zero attached hydrogens (tertiary/aromatic N) is 2. The van der Waals surface area contributed by atoms with Gasteiger partial charge in [-0.15, -0.1) is 0 Å². The lowest BCUT2D eigenvalue weighted by Crippen LogP contribution is -2.34. The Morgan fingerprint density at radius 3 is 2.94 bits per heavy atom. The van der Waals surface area contributed by atoms with Crippen LogP contribution < -0.4 is 11.4 Å². The highest BCUT2D eigenvalue weighted by molar-refractivity contribution is 5.28. The summed E-state index contributed by atoms with van der Waals surface area (Å²) in [5.41, 5.74) is 5.44. The summed E-state index contributed by atoms with van der Waals surface area (Å²) in [7, 11) is 0. The molecule has 94 valence electrons. The molecule has 3 atom stereocenters. The summed E-state index contributed by atoms with van der Waals surface area (Å²) in [4.78, 5) is 15.3. The van der Waals surface area contributed by atoms with Gasteiger partial charge in [0.2, 0.25) is 0 Å². The van der Waals surface area contributed by atoms with Crippen LogP contribution >= 0.6 is 0 Å². The van der Waals surface area contributed by atoms with Crippen LogP contribution in [0, 0.1) is 6.92 Å². The molecule has 1 aliphatic rings. The van der Waals surface area contributed by atoms with E-state index >= 15 is 0 Å². The molecule has 0 aromatic carbocycles. The van der Waals surface area contributed by atoms with Gasteiger partial charge in [0.05, 0.1) is 12.7 Å². The summed E-state index contributed by atoms with van der Waals surface area (Å²) in [6.45, 7) is 1.49. The lowest BCUT2D eigenvalue weighted by Gasteiger charge is -2.19. The maximum Gasteiger partial charge on any atom is 0.351 e. The summed E-state index contributed by atoms with van der Waals surface area (Å²) in [6, 6.07) is 1.53. The van der Waals surface area contributed by atoms with Gasteiger partial charge in [-0.1, -0.05) is 0 Å². The molecule has 0 amide bonds. The van der Waals surface area contributed by atoms with Crippen molar-refractivity contribution in [2.24, 2.45) is 0 Å². The molecule has 2 heterocycles. The molecule has 17 heavy (non-hydrogen) atoms. The highest BCUT2D eigenvalue weighted by Crippen LogP contribution is 2.28. The maximum atomic E-state index is 11.7. The van der Waals surface area contributed by atoms with Gasteiger partial charge in [-0.3, -0.25) is 4.57 Å². The van der Waals surface area contributed by atoms with Gasteiger partial charge < -0.3 is 20.7 Å². The van der Waals surface area contributed by atoms with Gasteiger partial charge in [-0.2, -0.15) is 4.98 Å². The average molecular weight is 241 g/mol. The van der Waals surface area contributed by atoms with E-state index in [0.29, 0.717) is 5.69 Å². The van der Waals surface area contributed by atoms with Gasteiger partial charge in [0.25, 0.3) is 0 Å². The van der Waals surface area contributed by atoms with Crippen molar-refractivity contribution in [3.8, 4) is 0 Å². The van der Waals surface area contributed by atoms with Gasteiger partial charge in [-0.05, 0) is 13.0 Å². The number of nitrogens with two attached hydrogens (primary N) is 1. The third kappa shape index (κ3) is 2.17. The van der Waals surface area contributed by atoms with Crippen LogP contribution in [0.2, 0.25) is 0 Å². The van der Waals surface area contributed by atoms with E-state index in [0.717, 1.165) is 0 Å². The van der Waals surface area contributed by atoms with Crippen molar-refractivity contribution in [1.29, 1.82) is 0 Å². The molecule has 2 rings (SSSR count). The number of aromatic nitrogens is 2. The lowest BCUT2D eigenvalue weighted by atomic mass is 10.2. The summed E-state index contributed by atoms with van der Waals surface area (Å²) in [5.74, 6) is 0.134. The van der Waals surface area contributed by atoms with E-state index in [2.05, 4.69) is 4.98 Å². The van der Waals surface area contributed by atoms with E-state index in [9.17, 15) is 9.90 Å². The van der Waals surface area contributed by atoms with Gasteiger partial charge in [0, 0.05) is 12.1 Å². The first-order chi connectivity index (χ1) is 8.02. The van der Waals surface area contributed by atoms with Crippen molar-refractivity contribution in [2.45, 2.75) is 31.8 Å². The van der Waals surface area contributed by atoms with Crippen molar-refractivity contribution in [2.75, 3.05) is 12.3 Å². The fourth-order valence-corrected chi connectivity index (χ4v) is 2.02. The third-order valence-electron chi connectivity index (χ3n) is 2.79. The number of aryl methyl sites for hydroxylation is 1. The molecule has 0 saturated carbocycles. The molecular formula is C10H15N3O4. The zero-order valence-corrected chi connectivity index (χ0v) is 9.41. The molecule has 0 radical (unpaired) electrons. The molecular weight excluding hydrogens is 226 g/mol. The first-order valence-corrected chi connectivity index (χ1v) is 5.33. The fourth-order valence-electron chi connectivity index (χ4n) is 2.02. The number of hydrogen-bond acceptors (Lipinski definition) is 6. The molecule has 1 aliphatic heterocycles. The maximum absolute atomic E-state index is 11.7. The number of anilines is 1. The Morgan fingerprint density at radius 1 is 1.71 bits per heavy atom. The first kappa shape index (κ1) is 12.0. The van der Waals surface area contributed by atoms with E-state index in [1.807, 2.05) is 0 Å². The zero-order chi connectivity index (χ0) is 12.6. The molecule has 0 aliphatic carbocycles. The molecule has 7 nitrogen and oxygen atoms in total. The number of nitrogen functional groups attached to an aromatic ring is 1. The molecule has 0 bridgehead atoms. The predicted molar refractivity (Wildman–Crippen MR) is 59.3 cm³/mol. The lowest BCUT2D eigenvalue weighted by molar-refractivity contribution is -0.0539. The minimum atomic E-state index is -0.839. The SMILES string of the molecule is Cc1cc(N)nc(=O)n1[C@@H]1O[C@H](CO)C[C@H]1O. The molecule has 1 aromatic heterocycles. The molecule has 0 spiro atoms. The highest BCUT2D eigenvalue weighted by Gasteiger charge is 2.36. The Kier molecular flexibility index (Phi) is 3.14. The van der Waals surface area contributed by atoms with Crippen LogP contribution in [-0.4, -0.2) is 38.6 Å². The number of ether oxygens (including phenoxy) is 1. The largest absolute Gasteiger partial charge is 0.394 e. The minimum absolute atomic E-state index is 0.134. The summed E-state index contributed by atoms with van der Waals surface area (Å²) in [5, 5.41) is 18.8. The van der Waals surface area contributed by atoms with Gasteiger partial charge in [-0.25, -0.2) is 4.79 Å². The summed E-state index contributed by atoms with van der Waals surface area (Å²) in [6.07, 6.45) is -1.82. The Labute approximate surface area is 97.5 Å². The van der Waals surface area contributed by atoms with E-state index < -0.39 is 24.1 Å². The second-order valence-electron chi connectivity index (χ2n) is 4.11. The number of hydrogen-bond donors (Lipinski definition) is 3. The normalized spacial score (nSPS) is 28.5. The summed E-state index contributed by atoms with van der Waals surface area (Å²) >= 11 is 0. The van der Waals surface area contributed by atoms with Crippen molar-refractivity contribution in [1.82, 2.24) is 9.55 Å². The van der Waals surface area contributed by atoms with Crippen LogP contribution in [0.4, 0.5) is 5.82 Å². The number of aliphatic hydroxyl groups excluding tert-OH is 2. The van der Waals surface area contributed by atoms with Crippen molar-refractivity contribution >= 4 is 5.82 Å². The molecule has 1 aromatic rings.